The van der Waals surface area contributed by atoms with Crippen LogP contribution in [0, 0.1) is 11.3 Å². The van der Waals surface area contributed by atoms with Crippen LogP contribution in [0.3, 0.4) is 0 Å². The lowest BCUT2D eigenvalue weighted by Gasteiger charge is -2.30. The third-order valence-electron chi connectivity index (χ3n) is 2.74. The Morgan fingerprint density at radius 3 is 2.71 bits per heavy atom. The topological polar surface area (TPSA) is 26.3 Å². The fraction of sp³-hybridized carbons (Fsp3) is 0.769. The number of hydrogen-bond donors (Lipinski definition) is 0. The van der Waals surface area contributed by atoms with Gasteiger partial charge in [-0.15, -0.1) is 11.6 Å². The van der Waals surface area contributed by atoms with E-state index in [9.17, 15) is 9.18 Å². The summed E-state index contributed by atoms with van der Waals surface area (Å²) in [7, 11) is 0. The van der Waals surface area contributed by atoms with Crippen LogP contribution in [0.2, 0.25) is 0 Å². The monoisotopic (exact) mass is 262 g/mol. The summed E-state index contributed by atoms with van der Waals surface area (Å²) in [5, 5.41) is -0.497. The normalized spacial score (nSPS) is 30.2. The highest BCUT2D eigenvalue weighted by Crippen LogP contribution is 2.34. The Morgan fingerprint density at radius 2 is 2.18 bits per heavy atom. The van der Waals surface area contributed by atoms with Crippen molar-refractivity contribution < 1.29 is 13.9 Å². The zero-order valence-electron chi connectivity index (χ0n) is 10.6. The summed E-state index contributed by atoms with van der Waals surface area (Å²) in [6.45, 7) is 9.92. The number of allylic oxidation sites excluding steroid dienone is 1. The lowest BCUT2D eigenvalue weighted by molar-refractivity contribution is -0.151. The second-order valence-electron chi connectivity index (χ2n) is 5.86. The van der Waals surface area contributed by atoms with E-state index in [1.165, 1.54) is 0 Å². The molecule has 1 aliphatic carbocycles. The Morgan fingerprint density at radius 1 is 1.59 bits per heavy atom. The summed E-state index contributed by atoms with van der Waals surface area (Å²) < 4.78 is 18.5. The van der Waals surface area contributed by atoms with Gasteiger partial charge in [-0.3, -0.25) is 4.79 Å². The van der Waals surface area contributed by atoms with Crippen molar-refractivity contribution in [3.05, 3.63) is 12.2 Å². The van der Waals surface area contributed by atoms with Crippen LogP contribution in [0.25, 0.3) is 0 Å². The van der Waals surface area contributed by atoms with Crippen LogP contribution in [0.1, 0.15) is 33.6 Å². The van der Waals surface area contributed by atoms with Gasteiger partial charge >= 0.3 is 5.97 Å². The standard InChI is InChI=1S/C13H20ClFO2/c1-8-5-9(10(14)6-11(8)15)12(16)17-7-13(2,3)4/h9-11H,1,5-7H2,2-4H3. The number of hydrogen-bond acceptors (Lipinski definition) is 2. The Balaban J connectivity index is 2.54. The van der Waals surface area contributed by atoms with Crippen LogP contribution in [0.5, 0.6) is 0 Å². The minimum absolute atomic E-state index is 0.0776. The van der Waals surface area contributed by atoms with E-state index in [4.69, 9.17) is 16.3 Å². The summed E-state index contributed by atoms with van der Waals surface area (Å²) in [5.74, 6) is -0.800. The third kappa shape index (κ3) is 4.30. The lowest BCUT2D eigenvalue weighted by atomic mass is 9.84. The van der Waals surface area contributed by atoms with E-state index in [1.807, 2.05) is 20.8 Å². The molecular formula is C13H20ClFO2. The van der Waals surface area contributed by atoms with E-state index >= 15 is 0 Å². The first-order chi connectivity index (χ1) is 7.70. The summed E-state index contributed by atoms with van der Waals surface area (Å²) in [6.07, 6.45) is -0.655. The van der Waals surface area contributed by atoms with Gasteiger partial charge in [-0.1, -0.05) is 27.4 Å². The van der Waals surface area contributed by atoms with E-state index in [0.29, 0.717) is 12.2 Å². The molecule has 2 nitrogen and oxygen atoms in total. The smallest absolute Gasteiger partial charge is 0.310 e. The maximum atomic E-state index is 13.3. The Bertz CT molecular complexity index is 309. The minimum Gasteiger partial charge on any atom is -0.465 e. The Kier molecular flexibility index (Phi) is 4.59. The van der Waals surface area contributed by atoms with Gasteiger partial charge in [0.1, 0.15) is 6.17 Å². The molecule has 3 atom stereocenters. The van der Waals surface area contributed by atoms with Crippen molar-refractivity contribution in [3.8, 4) is 0 Å². The summed E-state index contributed by atoms with van der Waals surface area (Å²) in [6, 6.07) is 0. The molecule has 0 heterocycles. The molecule has 0 saturated heterocycles. The second kappa shape index (κ2) is 5.38. The number of rotatable bonds is 2. The van der Waals surface area contributed by atoms with Crippen molar-refractivity contribution in [2.75, 3.05) is 6.61 Å². The number of esters is 1. The van der Waals surface area contributed by atoms with Gasteiger partial charge in [-0.2, -0.15) is 0 Å². The molecule has 0 spiro atoms. The van der Waals surface area contributed by atoms with Gasteiger partial charge in [0.2, 0.25) is 0 Å². The molecule has 1 aliphatic rings. The number of ether oxygens (including phenoxy) is 1. The Hall–Kier alpha value is -0.570. The molecule has 0 aromatic rings. The molecule has 1 rings (SSSR count). The zero-order valence-corrected chi connectivity index (χ0v) is 11.4. The van der Waals surface area contributed by atoms with E-state index in [2.05, 4.69) is 6.58 Å². The SMILES string of the molecule is C=C1CC(C(=O)OCC(C)(C)C)C(Cl)CC1F. The Labute approximate surface area is 107 Å². The molecule has 0 aromatic carbocycles. The van der Waals surface area contributed by atoms with Crippen molar-refractivity contribution in [1.29, 1.82) is 0 Å². The van der Waals surface area contributed by atoms with Crippen molar-refractivity contribution in [1.82, 2.24) is 0 Å². The average molecular weight is 263 g/mol. The van der Waals surface area contributed by atoms with Crippen molar-refractivity contribution in [2.45, 2.75) is 45.2 Å². The van der Waals surface area contributed by atoms with Crippen molar-refractivity contribution in [2.24, 2.45) is 11.3 Å². The molecule has 3 unspecified atom stereocenters. The predicted octanol–water partition coefficient (Wildman–Crippen LogP) is 3.49. The highest BCUT2D eigenvalue weighted by atomic mass is 35.5. The fourth-order valence-corrected chi connectivity index (χ4v) is 2.04. The van der Waals surface area contributed by atoms with Crippen LogP contribution in [0.4, 0.5) is 4.39 Å². The average Bonchev–Trinajstić information content (AvgIpc) is 2.19. The third-order valence-corrected chi connectivity index (χ3v) is 3.23. The van der Waals surface area contributed by atoms with Gasteiger partial charge < -0.3 is 4.74 Å². The van der Waals surface area contributed by atoms with Crippen molar-refractivity contribution in [3.63, 3.8) is 0 Å². The molecule has 0 aliphatic heterocycles. The quantitative estimate of drug-likeness (QED) is 0.433. The largest absolute Gasteiger partial charge is 0.465 e. The fourth-order valence-electron chi connectivity index (χ4n) is 1.69. The van der Waals surface area contributed by atoms with Crippen LogP contribution >= 0.6 is 11.6 Å². The number of carbonyl (C=O) groups is 1. The summed E-state index contributed by atoms with van der Waals surface area (Å²) in [4.78, 5) is 11.8. The molecule has 0 bridgehead atoms. The summed E-state index contributed by atoms with van der Waals surface area (Å²) >= 11 is 6.01. The molecule has 0 radical (unpaired) electrons. The summed E-state index contributed by atoms with van der Waals surface area (Å²) in [5.41, 5.74) is 0.366. The maximum Gasteiger partial charge on any atom is 0.310 e. The van der Waals surface area contributed by atoms with E-state index < -0.39 is 17.5 Å². The van der Waals surface area contributed by atoms with Crippen molar-refractivity contribution >= 4 is 17.6 Å². The first-order valence-corrected chi connectivity index (χ1v) is 6.27. The number of alkyl halides is 2. The molecule has 4 heteroatoms. The molecule has 17 heavy (non-hydrogen) atoms. The predicted molar refractivity (Wildman–Crippen MR) is 66.8 cm³/mol. The van der Waals surface area contributed by atoms with Gasteiger partial charge in [0.15, 0.2) is 0 Å². The van der Waals surface area contributed by atoms with Gasteiger partial charge in [0, 0.05) is 0 Å². The number of halogens is 2. The lowest BCUT2D eigenvalue weighted by Crippen LogP contribution is -2.35. The van der Waals surface area contributed by atoms with E-state index in [0.717, 1.165) is 0 Å². The highest BCUT2D eigenvalue weighted by molar-refractivity contribution is 6.22. The van der Waals surface area contributed by atoms with Gasteiger partial charge in [0.25, 0.3) is 0 Å². The van der Waals surface area contributed by atoms with Gasteiger partial charge in [0.05, 0.1) is 17.9 Å². The van der Waals surface area contributed by atoms with Gasteiger partial charge in [-0.05, 0) is 23.8 Å². The molecule has 0 N–H and O–H groups in total. The van der Waals surface area contributed by atoms with E-state index in [-0.39, 0.29) is 24.2 Å². The van der Waals surface area contributed by atoms with Crippen LogP contribution in [-0.4, -0.2) is 24.1 Å². The molecule has 0 aromatic heterocycles. The highest BCUT2D eigenvalue weighted by Gasteiger charge is 2.37. The van der Waals surface area contributed by atoms with Crippen LogP contribution in [-0.2, 0) is 9.53 Å². The molecule has 0 amide bonds. The number of carbonyl (C=O) groups excluding carboxylic acids is 1. The van der Waals surface area contributed by atoms with Crippen LogP contribution in [0.15, 0.2) is 12.2 Å². The molecule has 1 fully saturated rings. The maximum absolute atomic E-state index is 13.3. The first kappa shape index (κ1) is 14.5. The molecule has 1 saturated carbocycles. The zero-order chi connectivity index (χ0) is 13.2. The first-order valence-electron chi connectivity index (χ1n) is 5.83. The van der Waals surface area contributed by atoms with Crippen LogP contribution < -0.4 is 0 Å². The molecule has 98 valence electrons. The second-order valence-corrected chi connectivity index (χ2v) is 6.42. The molecular weight excluding hydrogens is 243 g/mol. The minimum atomic E-state index is -1.09. The van der Waals surface area contributed by atoms with Gasteiger partial charge in [-0.25, -0.2) is 4.39 Å². The van der Waals surface area contributed by atoms with E-state index in [1.54, 1.807) is 0 Å².